The molecule has 0 unspecified atom stereocenters. The molecule has 0 atom stereocenters. The van der Waals surface area contributed by atoms with Crippen molar-refractivity contribution in [2.75, 3.05) is 6.61 Å². The van der Waals surface area contributed by atoms with Crippen LogP contribution in [-0.4, -0.2) is 11.7 Å². The minimum atomic E-state index is 0.210. The maximum atomic E-state index is 9.28. The first kappa shape index (κ1) is 21.9. The third-order valence-corrected chi connectivity index (χ3v) is 4.36. The van der Waals surface area contributed by atoms with E-state index in [2.05, 4.69) is 59.8 Å². The van der Waals surface area contributed by atoms with Crippen molar-refractivity contribution in [2.24, 2.45) is 0 Å². The van der Waals surface area contributed by atoms with Gasteiger partial charge in [-0.05, 0) is 85.1 Å². The summed E-state index contributed by atoms with van der Waals surface area (Å²) in [5, 5.41) is 9.28. The van der Waals surface area contributed by atoms with Crippen molar-refractivity contribution in [3.63, 3.8) is 0 Å². The van der Waals surface area contributed by atoms with Crippen LogP contribution in [0.3, 0.4) is 0 Å². The fourth-order valence-electron chi connectivity index (χ4n) is 2.60. The maximum absolute atomic E-state index is 9.28. The van der Waals surface area contributed by atoms with Crippen molar-refractivity contribution in [3.8, 4) is 0 Å². The van der Waals surface area contributed by atoms with Gasteiger partial charge in [0.2, 0.25) is 0 Å². The first-order valence-corrected chi connectivity index (χ1v) is 9.13. The molecule has 0 rings (SSSR count). The van der Waals surface area contributed by atoms with E-state index in [9.17, 15) is 5.11 Å². The summed E-state index contributed by atoms with van der Waals surface area (Å²) in [4.78, 5) is 0. The number of hydrogen-bond donors (Lipinski definition) is 1. The topological polar surface area (TPSA) is 20.2 Å². The van der Waals surface area contributed by atoms with Crippen molar-refractivity contribution in [1.29, 1.82) is 0 Å². The number of allylic oxidation sites excluding steroid dienone is 7. The predicted octanol–water partition coefficient (Wildman–Crippen LogP) is 6.90. The first-order chi connectivity index (χ1) is 10.9. The third-order valence-electron chi connectivity index (χ3n) is 4.36. The lowest BCUT2D eigenvalue weighted by atomic mass is 10.0. The molecule has 0 bridgehead atoms. The Labute approximate surface area is 144 Å². The zero-order valence-electron chi connectivity index (χ0n) is 16.3. The molecule has 1 heteroatoms. The number of aliphatic hydroxyl groups excluding tert-OH is 1. The van der Waals surface area contributed by atoms with Crippen molar-refractivity contribution in [2.45, 2.75) is 86.5 Å². The summed E-state index contributed by atoms with van der Waals surface area (Å²) in [5.74, 6) is 0. The lowest BCUT2D eigenvalue weighted by Gasteiger charge is -2.07. The number of rotatable bonds is 11. The van der Waals surface area contributed by atoms with E-state index in [1.165, 1.54) is 34.3 Å². The second-order valence-electron chi connectivity index (χ2n) is 6.89. The highest BCUT2D eigenvalue weighted by atomic mass is 16.3. The van der Waals surface area contributed by atoms with Crippen molar-refractivity contribution in [3.05, 3.63) is 46.1 Å². The molecule has 0 saturated carbocycles. The molecule has 0 aromatic carbocycles. The Balaban J connectivity index is 4.12. The van der Waals surface area contributed by atoms with Gasteiger partial charge < -0.3 is 5.11 Å². The minimum Gasteiger partial charge on any atom is -0.392 e. The van der Waals surface area contributed by atoms with E-state index in [1.807, 2.05) is 0 Å². The molecule has 0 aromatic heterocycles. The highest BCUT2D eigenvalue weighted by Crippen LogP contribution is 2.16. The average molecular weight is 319 g/mol. The van der Waals surface area contributed by atoms with Gasteiger partial charge in [-0.1, -0.05) is 47.4 Å². The van der Waals surface area contributed by atoms with Crippen LogP contribution in [-0.2, 0) is 0 Å². The highest BCUT2D eigenvalue weighted by Gasteiger charge is 1.98. The summed E-state index contributed by atoms with van der Waals surface area (Å²) < 4.78 is 0. The molecule has 1 nitrogen and oxygen atoms in total. The standard InChI is InChI=1S/C22H38O/c1-7-22(17-23)21(6)16-10-15-20(5)14-9-13-19(4)12-8-11-18(2)3/h11,13,15,23H,7-10,12,14,16-17H2,1-6H3/b19-13+,20-15+,22-21-. The van der Waals surface area contributed by atoms with Gasteiger partial charge in [-0.15, -0.1) is 0 Å². The van der Waals surface area contributed by atoms with Crippen LogP contribution >= 0.6 is 0 Å². The number of hydrogen-bond acceptors (Lipinski definition) is 1. The Kier molecular flexibility index (Phi) is 12.7. The van der Waals surface area contributed by atoms with Crippen molar-refractivity contribution >= 4 is 0 Å². The molecular formula is C22H38O. The molecule has 0 aliphatic rings. The summed E-state index contributed by atoms with van der Waals surface area (Å²) in [6.07, 6.45) is 14.8. The summed E-state index contributed by atoms with van der Waals surface area (Å²) in [6, 6.07) is 0. The molecule has 0 radical (unpaired) electrons. The van der Waals surface area contributed by atoms with Crippen molar-refractivity contribution < 1.29 is 5.11 Å². The van der Waals surface area contributed by atoms with Crippen LogP contribution in [0.2, 0.25) is 0 Å². The molecule has 1 N–H and O–H groups in total. The van der Waals surface area contributed by atoms with Crippen LogP contribution in [0, 0.1) is 0 Å². The highest BCUT2D eigenvalue weighted by molar-refractivity contribution is 5.13. The quantitative estimate of drug-likeness (QED) is 0.410. The van der Waals surface area contributed by atoms with E-state index in [0.29, 0.717) is 0 Å². The molecule has 0 aliphatic carbocycles. The van der Waals surface area contributed by atoms with Gasteiger partial charge in [0.05, 0.1) is 6.61 Å². The second kappa shape index (κ2) is 13.4. The molecule has 0 saturated heterocycles. The third kappa shape index (κ3) is 12.1. The monoisotopic (exact) mass is 318 g/mol. The summed E-state index contributed by atoms with van der Waals surface area (Å²) >= 11 is 0. The van der Waals surface area contributed by atoms with Crippen LogP contribution in [0.15, 0.2) is 46.1 Å². The van der Waals surface area contributed by atoms with Gasteiger partial charge in [-0.25, -0.2) is 0 Å². The van der Waals surface area contributed by atoms with Crippen molar-refractivity contribution in [1.82, 2.24) is 0 Å². The van der Waals surface area contributed by atoms with E-state index in [0.717, 1.165) is 38.5 Å². The second-order valence-corrected chi connectivity index (χ2v) is 6.89. The van der Waals surface area contributed by atoms with Gasteiger partial charge in [0, 0.05) is 0 Å². The molecule has 0 spiro atoms. The van der Waals surface area contributed by atoms with E-state index < -0.39 is 0 Å². The normalized spacial score (nSPS) is 13.9. The van der Waals surface area contributed by atoms with Crippen LogP contribution < -0.4 is 0 Å². The van der Waals surface area contributed by atoms with Crippen LogP contribution in [0.5, 0.6) is 0 Å². The Morgan fingerprint density at radius 2 is 1.22 bits per heavy atom. The number of aliphatic hydroxyl groups is 1. The Morgan fingerprint density at radius 3 is 1.65 bits per heavy atom. The van der Waals surface area contributed by atoms with E-state index in [1.54, 1.807) is 0 Å². The van der Waals surface area contributed by atoms with E-state index >= 15 is 0 Å². The van der Waals surface area contributed by atoms with Crippen LogP contribution in [0.1, 0.15) is 86.5 Å². The summed E-state index contributed by atoms with van der Waals surface area (Å²) in [5.41, 5.74) is 6.95. The molecule has 0 aliphatic heterocycles. The Hall–Kier alpha value is -1.08. The van der Waals surface area contributed by atoms with Gasteiger partial charge in [-0.3, -0.25) is 0 Å². The summed E-state index contributed by atoms with van der Waals surface area (Å²) in [6.45, 7) is 13.3. The lowest BCUT2D eigenvalue weighted by Crippen LogP contribution is -1.93. The first-order valence-electron chi connectivity index (χ1n) is 9.13. The van der Waals surface area contributed by atoms with Crippen LogP contribution in [0.4, 0.5) is 0 Å². The van der Waals surface area contributed by atoms with Gasteiger partial charge in [0.25, 0.3) is 0 Å². The molecule has 0 heterocycles. The molecule has 0 fully saturated rings. The Bertz CT molecular complexity index is 437. The SMILES string of the molecule is CC/C(CO)=C(\C)CC/C=C(\C)CC/C=C(\C)CCC=C(C)C. The van der Waals surface area contributed by atoms with E-state index in [-0.39, 0.29) is 6.61 Å². The minimum absolute atomic E-state index is 0.210. The maximum Gasteiger partial charge on any atom is 0.0644 e. The lowest BCUT2D eigenvalue weighted by molar-refractivity contribution is 0.326. The van der Waals surface area contributed by atoms with Gasteiger partial charge >= 0.3 is 0 Å². The average Bonchev–Trinajstić information content (AvgIpc) is 2.48. The predicted molar refractivity (Wildman–Crippen MR) is 105 cm³/mol. The van der Waals surface area contributed by atoms with Crippen LogP contribution in [0.25, 0.3) is 0 Å². The molecular weight excluding hydrogens is 280 g/mol. The van der Waals surface area contributed by atoms with Gasteiger partial charge in [-0.2, -0.15) is 0 Å². The zero-order valence-corrected chi connectivity index (χ0v) is 16.3. The smallest absolute Gasteiger partial charge is 0.0644 e. The zero-order chi connectivity index (χ0) is 17.7. The Morgan fingerprint density at radius 1 is 0.739 bits per heavy atom. The molecule has 132 valence electrons. The molecule has 23 heavy (non-hydrogen) atoms. The van der Waals surface area contributed by atoms with E-state index in [4.69, 9.17) is 0 Å². The van der Waals surface area contributed by atoms with Gasteiger partial charge in [0.1, 0.15) is 0 Å². The molecule has 0 amide bonds. The summed E-state index contributed by atoms with van der Waals surface area (Å²) in [7, 11) is 0. The largest absolute Gasteiger partial charge is 0.392 e. The fraction of sp³-hybridized carbons (Fsp3) is 0.636. The van der Waals surface area contributed by atoms with Gasteiger partial charge in [0.15, 0.2) is 0 Å². The molecule has 0 aromatic rings. The fourth-order valence-corrected chi connectivity index (χ4v) is 2.60.